The van der Waals surface area contributed by atoms with Gasteiger partial charge in [0.15, 0.2) is 0 Å². The standard InChI is InChI=1S/C22H30N2O4/c1-3-5-13-23-19(21(25)26)17-11-7-10-16-15(17)9-8-12-18(16)20(22(27)28)24-14-6-4-2/h7-12,19-20,23-24H,3-6,13-14H2,1-2H3,(H,25,26)(H,27,28). The molecule has 0 saturated heterocycles. The Morgan fingerprint density at radius 2 is 1.18 bits per heavy atom. The lowest BCUT2D eigenvalue weighted by Crippen LogP contribution is -2.30. The summed E-state index contributed by atoms with van der Waals surface area (Å²) < 4.78 is 0. The summed E-state index contributed by atoms with van der Waals surface area (Å²) in [5, 5.41) is 27.2. The highest BCUT2D eigenvalue weighted by Crippen LogP contribution is 2.30. The van der Waals surface area contributed by atoms with E-state index in [9.17, 15) is 19.8 Å². The Bertz CT molecular complexity index is 739. The van der Waals surface area contributed by atoms with Gasteiger partial charge in [0.1, 0.15) is 12.1 Å². The fourth-order valence-corrected chi connectivity index (χ4v) is 3.37. The van der Waals surface area contributed by atoms with Crippen molar-refractivity contribution in [3.63, 3.8) is 0 Å². The number of nitrogens with one attached hydrogen (secondary N) is 2. The lowest BCUT2D eigenvalue weighted by atomic mass is 9.93. The van der Waals surface area contributed by atoms with Gasteiger partial charge in [0.2, 0.25) is 0 Å². The molecular formula is C22H30N2O4. The third kappa shape index (κ3) is 5.30. The van der Waals surface area contributed by atoms with Crippen molar-refractivity contribution in [2.75, 3.05) is 13.1 Å². The minimum Gasteiger partial charge on any atom is -0.480 e. The molecule has 0 heterocycles. The molecule has 4 N–H and O–H groups in total. The lowest BCUT2D eigenvalue weighted by molar-refractivity contribution is -0.140. The van der Waals surface area contributed by atoms with Gasteiger partial charge in [-0.05, 0) is 47.8 Å². The fraction of sp³-hybridized carbons (Fsp3) is 0.455. The van der Waals surface area contributed by atoms with Gasteiger partial charge in [0.05, 0.1) is 0 Å². The van der Waals surface area contributed by atoms with Gasteiger partial charge in [0.25, 0.3) is 0 Å². The molecule has 0 spiro atoms. The van der Waals surface area contributed by atoms with Crippen LogP contribution in [0.3, 0.4) is 0 Å². The normalized spacial score (nSPS) is 13.4. The van der Waals surface area contributed by atoms with Crippen LogP contribution in [-0.4, -0.2) is 35.2 Å². The summed E-state index contributed by atoms with van der Waals surface area (Å²) in [6.07, 6.45) is 3.73. The topological polar surface area (TPSA) is 98.7 Å². The Morgan fingerprint density at radius 3 is 1.50 bits per heavy atom. The summed E-state index contributed by atoms with van der Waals surface area (Å²) >= 11 is 0. The zero-order valence-electron chi connectivity index (χ0n) is 16.6. The molecule has 152 valence electrons. The monoisotopic (exact) mass is 386 g/mol. The van der Waals surface area contributed by atoms with E-state index in [1.165, 1.54) is 0 Å². The minimum atomic E-state index is -0.940. The Kier molecular flexibility index (Phi) is 8.42. The highest BCUT2D eigenvalue weighted by Gasteiger charge is 2.25. The van der Waals surface area contributed by atoms with Crippen LogP contribution < -0.4 is 10.6 Å². The van der Waals surface area contributed by atoms with Crippen LogP contribution >= 0.6 is 0 Å². The molecule has 2 aromatic carbocycles. The number of carboxylic acid groups (broad SMARTS) is 2. The summed E-state index contributed by atoms with van der Waals surface area (Å²) in [7, 11) is 0. The number of hydrogen-bond donors (Lipinski definition) is 4. The number of benzene rings is 2. The maximum Gasteiger partial charge on any atom is 0.325 e. The van der Waals surface area contributed by atoms with Crippen LogP contribution in [0.2, 0.25) is 0 Å². The van der Waals surface area contributed by atoms with Crippen LogP contribution in [0.15, 0.2) is 36.4 Å². The number of fused-ring (bicyclic) bond motifs is 1. The molecule has 6 nitrogen and oxygen atoms in total. The van der Waals surface area contributed by atoms with Gasteiger partial charge in [-0.15, -0.1) is 0 Å². The van der Waals surface area contributed by atoms with E-state index in [1.807, 2.05) is 12.1 Å². The van der Waals surface area contributed by atoms with Gasteiger partial charge in [0, 0.05) is 0 Å². The molecule has 2 unspecified atom stereocenters. The van der Waals surface area contributed by atoms with E-state index in [2.05, 4.69) is 24.5 Å². The molecule has 2 rings (SSSR count). The van der Waals surface area contributed by atoms with Crippen molar-refractivity contribution in [3.05, 3.63) is 47.5 Å². The van der Waals surface area contributed by atoms with Crippen molar-refractivity contribution in [2.24, 2.45) is 0 Å². The van der Waals surface area contributed by atoms with E-state index in [1.54, 1.807) is 24.3 Å². The molecule has 0 aliphatic heterocycles. The highest BCUT2D eigenvalue weighted by molar-refractivity contribution is 5.95. The molecule has 0 bridgehead atoms. The number of carboxylic acids is 2. The Labute approximate surface area is 166 Å². The van der Waals surface area contributed by atoms with Crippen LogP contribution in [0, 0.1) is 0 Å². The van der Waals surface area contributed by atoms with E-state index < -0.39 is 24.0 Å². The summed E-state index contributed by atoms with van der Waals surface area (Å²) in [5.74, 6) is -1.88. The fourth-order valence-electron chi connectivity index (χ4n) is 3.37. The Balaban J connectivity index is 2.47. The van der Waals surface area contributed by atoms with Crippen LogP contribution in [0.4, 0.5) is 0 Å². The van der Waals surface area contributed by atoms with Gasteiger partial charge in [-0.2, -0.15) is 0 Å². The van der Waals surface area contributed by atoms with Crippen molar-refractivity contribution in [1.82, 2.24) is 10.6 Å². The maximum atomic E-state index is 11.9. The van der Waals surface area contributed by atoms with Crippen molar-refractivity contribution >= 4 is 22.7 Å². The largest absolute Gasteiger partial charge is 0.480 e. The van der Waals surface area contributed by atoms with E-state index in [4.69, 9.17) is 0 Å². The predicted molar refractivity (Wildman–Crippen MR) is 111 cm³/mol. The molecule has 0 aliphatic carbocycles. The second-order valence-electron chi connectivity index (χ2n) is 6.95. The molecule has 2 atom stereocenters. The molecular weight excluding hydrogens is 356 g/mol. The molecule has 0 fully saturated rings. The second-order valence-corrected chi connectivity index (χ2v) is 6.95. The third-order valence-electron chi connectivity index (χ3n) is 4.86. The molecule has 0 radical (unpaired) electrons. The molecule has 0 amide bonds. The zero-order valence-corrected chi connectivity index (χ0v) is 16.6. The number of hydrogen-bond acceptors (Lipinski definition) is 4. The SMILES string of the molecule is CCCCNC(C(=O)O)c1cccc2c(C(NCCCC)C(=O)O)cccc12. The highest BCUT2D eigenvalue weighted by atomic mass is 16.4. The van der Waals surface area contributed by atoms with Crippen molar-refractivity contribution < 1.29 is 19.8 Å². The van der Waals surface area contributed by atoms with Crippen molar-refractivity contribution in [3.8, 4) is 0 Å². The second kappa shape index (κ2) is 10.8. The summed E-state index contributed by atoms with van der Waals surface area (Å²) in [6, 6.07) is 9.23. The van der Waals surface area contributed by atoms with Crippen molar-refractivity contribution in [1.29, 1.82) is 0 Å². The summed E-state index contributed by atoms with van der Waals surface area (Å²) in [4.78, 5) is 23.7. The summed E-state index contributed by atoms with van der Waals surface area (Å²) in [6.45, 7) is 5.33. The average Bonchev–Trinajstić information content (AvgIpc) is 2.68. The minimum absolute atomic E-state index is 0.611. The van der Waals surface area contributed by atoms with Crippen LogP contribution in [0.5, 0.6) is 0 Å². The number of unbranched alkanes of at least 4 members (excludes halogenated alkanes) is 2. The Morgan fingerprint density at radius 1 is 0.786 bits per heavy atom. The maximum absolute atomic E-state index is 11.9. The quantitative estimate of drug-likeness (QED) is 0.413. The van der Waals surface area contributed by atoms with Gasteiger partial charge < -0.3 is 20.8 Å². The molecule has 28 heavy (non-hydrogen) atoms. The smallest absolute Gasteiger partial charge is 0.325 e. The summed E-state index contributed by atoms with van der Waals surface area (Å²) in [5.41, 5.74) is 1.31. The van der Waals surface area contributed by atoms with E-state index in [-0.39, 0.29) is 0 Å². The first-order valence-corrected chi connectivity index (χ1v) is 9.95. The van der Waals surface area contributed by atoms with E-state index in [0.717, 1.165) is 36.5 Å². The Hall–Kier alpha value is -2.44. The van der Waals surface area contributed by atoms with Gasteiger partial charge in [-0.25, -0.2) is 0 Å². The van der Waals surface area contributed by atoms with Crippen molar-refractivity contribution in [2.45, 2.75) is 51.6 Å². The van der Waals surface area contributed by atoms with Crippen LogP contribution in [0.25, 0.3) is 10.8 Å². The lowest BCUT2D eigenvalue weighted by Gasteiger charge is -2.20. The van der Waals surface area contributed by atoms with Gasteiger partial charge in [-0.1, -0.05) is 63.1 Å². The third-order valence-corrected chi connectivity index (χ3v) is 4.86. The number of rotatable bonds is 12. The molecule has 2 aromatic rings. The van der Waals surface area contributed by atoms with Gasteiger partial charge in [-0.3, -0.25) is 9.59 Å². The van der Waals surface area contributed by atoms with Crippen LogP contribution in [-0.2, 0) is 9.59 Å². The van der Waals surface area contributed by atoms with E-state index >= 15 is 0 Å². The number of aliphatic carboxylic acids is 2. The predicted octanol–water partition coefficient (Wildman–Crippen LogP) is 3.87. The average molecular weight is 386 g/mol. The molecule has 0 aromatic heterocycles. The first-order chi connectivity index (χ1) is 13.5. The first kappa shape index (κ1) is 21.9. The van der Waals surface area contributed by atoms with Crippen LogP contribution in [0.1, 0.15) is 62.7 Å². The first-order valence-electron chi connectivity index (χ1n) is 9.95. The zero-order chi connectivity index (χ0) is 20.5. The number of carbonyl (C=O) groups is 2. The molecule has 6 heteroatoms. The van der Waals surface area contributed by atoms with Gasteiger partial charge >= 0.3 is 11.9 Å². The van der Waals surface area contributed by atoms with E-state index in [0.29, 0.717) is 24.2 Å². The molecule has 0 saturated carbocycles. The molecule has 0 aliphatic rings.